The van der Waals surface area contributed by atoms with Crippen molar-refractivity contribution in [3.63, 3.8) is 0 Å². The molecule has 0 saturated heterocycles. The van der Waals surface area contributed by atoms with Crippen molar-refractivity contribution in [2.24, 2.45) is 0 Å². The number of phosphoric ester groups is 1. The second-order valence-corrected chi connectivity index (χ2v) is 23.6. The van der Waals surface area contributed by atoms with Crippen LogP contribution in [0.1, 0.15) is 265 Å². The van der Waals surface area contributed by atoms with E-state index < -0.39 is 26.6 Å². The molecule has 3 atom stereocenters. The van der Waals surface area contributed by atoms with E-state index in [0.29, 0.717) is 23.9 Å². The molecule has 0 saturated carbocycles. The van der Waals surface area contributed by atoms with Gasteiger partial charge in [-0.25, -0.2) is 0 Å². The van der Waals surface area contributed by atoms with Crippen LogP contribution < -0.4 is 10.2 Å². The average Bonchev–Trinajstić information content (AvgIpc) is 3.39. The van der Waals surface area contributed by atoms with E-state index in [-0.39, 0.29) is 24.9 Å². The lowest BCUT2D eigenvalue weighted by molar-refractivity contribution is -0.870. The summed E-state index contributed by atoms with van der Waals surface area (Å²) in [4.78, 5) is 39.9. The Hall–Kier alpha value is -3.07. The van der Waals surface area contributed by atoms with E-state index in [1.165, 1.54) is 109 Å². The third-order valence-electron chi connectivity index (χ3n) is 13.5. The van der Waals surface area contributed by atoms with Crippen LogP contribution in [0.15, 0.2) is 97.2 Å². The maximum Gasteiger partial charge on any atom is 0.306 e. The van der Waals surface area contributed by atoms with Crippen LogP contribution in [0, 0.1) is 0 Å². The number of hydrogen-bond donors (Lipinski definition) is 1. The molecule has 0 aliphatic heterocycles. The number of likely N-dealkylation sites (N-methyl/N-ethyl adjacent to an activating group) is 1. The highest BCUT2D eigenvalue weighted by atomic mass is 31.2. The number of nitrogens with one attached hydrogen (secondary N) is 1. The molecule has 0 radical (unpaired) electrons. The van der Waals surface area contributed by atoms with Gasteiger partial charge in [-0.15, -0.1) is 0 Å². The predicted octanol–water partition coefficient (Wildman–Crippen LogP) is 18.9. The van der Waals surface area contributed by atoms with E-state index in [2.05, 4.69) is 111 Å². The maximum absolute atomic E-state index is 13.5. The van der Waals surface area contributed by atoms with Gasteiger partial charge in [0, 0.05) is 12.8 Å². The van der Waals surface area contributed by atoms with E-state index in [1.54, 1.807) is 0 Å². The third-order valence-corrected chi connectivity index (χ3v) is 14.5. The molecule has 0 rings (SSSR count). The summed E-state index contributed by atoms with van der Waals surface area (Å²) in [6.45, 7) is 6.69. The molecule has 1 N–H and O–H groups in total. The standard InChI is InChI=1S/C67H119N2O7P/c1-7-10-13-16-19-22-25-27-28-29-30-31-32-33-34-35-36-37-38-39-40-42-44-47-50-53-56-59-66(70)68-64(63-75-77(72,73)74-62-61-69(4,5)6)65(58-55-52-49-46-43-24-21-18-15-12-9-3)76-67(71)60-57-54-51-48-45-41-26-23-20-17-14-11-8-2/h10,13,19,22,27-28,30-31,33-34,36-37,41,45,55,58,64-65H,7-9,11-12,14-18,20-21,23-26,29,32,35,38-40,42-44,46-54,56-57,59-63H2,1-6H3,(H-,68,70,72,73)/b13-10-,22-19-,28-27-,31-30-,34-33-,37-36-,45-41-,58-55-. The van der Waals surface area contributed by atoms with Gasteiger partial charge in [-0.2, -0.15) is 0 Å². The van der Waals surface area contributed by atoms with Crippen molar-refractivity contribution in [3.8, 4) is 0 Å². The highest BCUT2D eigenvalue weighted by molar-refractivity contribution is 7.45. The minimum Gasteiger partial charge on any atom is -0.756 e. The number of rotatable bonds is 56. The van der Waals surface area contributed by atoms with Gasteiger partial charge in [-0.1, -0.05) is 240 Å². The highest BCUT2D eigenvalue weighted by Crippen LogP contribution is 2.38. The molecule has 0 heterocycles. The van der Waals surface area contributed by atoms with E-state index in [9.17, 15) is 19.0 Å². The lowest BCUT2D eigenvalue weighted by Crippen LogP contribution is -2.47. The van der Waals surface area contributed by atoms with Crippen molar-refractivity contribution in [2.75, 3.05) is 40.9 Å². The molecule has 9 nitrogen and oxygen atoms in total. The molecule has 77 heavy (non-hydrogen) atoms. The number of quaternary nitrogens is 1. The zero-order valence-corrected chi connectivity index (χ0v) is 51.5. The van der Waals surface area contributed by atoms with Crippen molar-refractivity contribution in [1.82, 2.24) is 5.32 Å². The lowest BCUT2D eigenvalue weighted by Gasteiger charge is -2.30. The van der Waals surface area contributed by atoms with Crippen LogP contribution in [0.4, 0.5) is 0 Å². The lowest BCUT2D eigenvalue weighted by atomic mass is 10.0. The van der Waals surface area contributed by atoms with Crippen molar-refractivity contribution < 1.29 is 37.3 Å². The summed E-state index contributed by atoms with van der Waals surface area (Å²) in [5.41, 5.74) is 0. The van der Waals surface area contributed by atoms with Crippen LogP contribution in [0.25, 0.3) is 0 Å². The van der Waals surface area contributed by atoms with Gasteiger partial charge in [-0.3, -0.25) is 14.2 Å². The van der Waals surface area contributed by atoms with E-state index in [4.69, 9.17) is 13.8 Å². The topological polar surface area (TPSA) is 114 Å². The third kappa shape index (κ3) is 57.4. The summed E-state index contributed by atoms with van der Waals surface area (Å²) in [6, 6.07) is -0.903. The van der Waals surface area contributed by atoms with Crippen molar-refractivity contribution >= 4 is 19.7 Å². The van der Waals surface area contributed by atoms with Gasteiger partial charge in [0.15, 0.2) is 0 Å². The summed E-state index contributed by atoms with van der Waals surface area (Å²) in [7, 11) is 1.16. The fraction of sp³-hybridized carbons (Fsp3) is 0.731. The van der Waals surface area contributed by atoms with Gasteiger partial charge in [0.25, 0.3) is 7.82 Å². The summed E-state index contributed by atoms with van der Waals surface area (Å²) in [5.74, 6) is -0.573. The zero-order chi connectivity index (χ0) is 56.4. The number of esters is 1. The normalized spacial score (nSPS) is 14.3. The molecule has 0 aromatic heterocycles. The number of carbonyl (C=O) groups is 2. The number of nitrogens with zero attached hydrogens (tertiary/aromatic N) is 1. The molecule has 0 spiro atoms. The number of hydrogen-bond acceptors (Lipinski definition) is 7. The molecule has 444 valence electrons. The molecule has 0 bridgehead atoms. The van der Waals surface area contributed by atoms with Gasteiger partial charge in [0.2, 0.25) is 5.91 Å². The number of carbonyl (C=O) groups excluding carboxylic acids is 2. The maximum atomic E-state index is 13.5. The molecule has 0 aliphatic carbocycles. The van der Waals surface area contributed by atoms with E-state index in [0.717, 1.165) is 116 Å². The molecule has 3 unspecified atom stereocenters. The van der Waals surface area contributed by atoms with Crippen LogP contribution in [-0.4, -0.2) is 69.4 Å². The van der Waals surface area contributed by atoms with Crippen LogP contribution in [0.5, 0.6) is 0 Å². The average molecular weight is 1100 g/mol. The molecule has 0 fully saturated rings. The molecule has 10 heteroatoms. The van der Waals surface area contributed by atoms with Crippen LogP contribution in [0.3, 0.4) is 0 Å². The second-order valence-electron chi connectivity index (χ2n) is 22.2. The minimum atomic E-state index is -4.71. The van der Waals surface area contributed by atoms with Gasteiger partial charge >= 0.3 is 5.97 Å². The largest absolute Gasteiger partial charge is 0.756 e. The molecule has 0 aromatic rings. The fourth-order valence-corrected chi connectivity index (χ4v) is 9.36. The van der Waals surface area contributed by atoms with Gasteiger partial charge in [-0.05, 0) is 109 Å². The molecule has 0 aliphatic rings. The Morgan fingerprint density at radius 1 is 0.468 bits per heavy atom. The van der Waals surface area contributed by atoms with E-state index in [1.807, 2.05) is 33.3 Å². The van der Waals surface area contributed by atoms with Gasteiger partial charge in [0.1, 0.15) is 19.3 Å². The molecule has 1 amide bonds. The number of unbranched alkanes of at least 4 members (excludes halogenated alkanes) is 26. The highest BCUT2D eigenvalue weighted by Gasteiger charge is 2.27. The van der Waals surface area contributed by atoms with Crippen molar-refractivity contribution in [3.05, 3.63) is 97.2 Å². The number of phosphoric acid groups is 1. The Kier molecular flexibility index (Phi) is 54.0. The van der Waals surface area contributed by atoms with Crippen molar-refractivity contribution in [1.29, 1.82) is 0 Å². The first kappa shape index (κ1) is 73.9. The molecular weight excluding hydrogens is 976 g/mol. The number of ether oxygens (including phenoxy) is 1. The molecule has 0 aromatic carbocycles. The fourth-order valence-electron chi connectivity index (χ4n) is 8.64. The Balaban J connectivity index is 5.11. The first-order valence-electron chi connectivity index (χ1n) is 31.5. The van der Waals surface area contributed by atoms with Crippen LogP contribution in [-0.2, 0) is 27.9 Å². The van der Waals surface area contributed by atoms with Crippen molar-refractivity contribution in [2.45, 2.75) is 277 Å². The van der Waals surface area contributed by atoms with E-state index >= 15 is 0 Å². The minimum absolute atomic E-state index is 0.0302. The number of allylic oxidation sites excluding steroid dienone is 15. The monoisotopic (exact) mass is 1090 g/mol. The van der Waals surface area contributed by atoms with Gasteiger partial charge < -0.3 is 28.5 Å². The Labute approximate surface area is 475 Å². The smallest absolute Gasteiger partial charge is 0.306 e. The SMILES string of the molecule is CC/C=C\C/C=C\C/C=C\C/C=C\C/C=C\C/C=C\CCCCCCCCCCC(=O)NC(COP(=O)([O-])OCC[N+](C)(C)C)C(/C=C\CCCCCCCCCCC)OC(=O)CCCCC/C=C\CCCCCCCC. The van der Waals surface area contributed by atoms with Crippen LogP contribution >= 0.6 is 7.82 Å². The summed E-state index contributed by atoms with van der Waals surface area (Å²) in [5, 5.41) is 3.02. The molecular formula is C67H119N2O7P. The summed E-state index contributed by atoms with van der Waals surface area (Å²) < 4.78 is 30.3. The Morgan fingerprint density at radius 2 is 0.831 bits per heavy atom. The predicted molar refractivity (Wildman–Crippen MR) is 330 cm³/mol. The second kappa shape index (κ2) is 56.2. The zero-order valence-electron chi connectivity index (χ0n) is 50.6. The number of amides is 1. The summed E-state index contributed by atoms with van der Waals surface area (Å²) in [6.07, 6.45) is 75.2. The Bertz CT molecular complexity index is 1640. The van der Waals surface area contributed by atoms with Gasteiger partial charge in [0.05, 0.1) is 33.8 Å². The first-order valence-corrected chi connectivity index (χ1v) is 33.0. The quantitative estimate of drug-likeness (QED) is 0.0212. The van der Waals surface area contributed by atoms with Crippen LogP contribution in [0.2, 0.25) is 0 Å². The Morgan fingerprint density at radius 3 is 1.27 bits per heavy atom. The summed E-state index contributed by atoms with van der Waals surface area (Å²) >= 11 is 0. The first-order chi connectivity index (χ1) is 37.4.